The van der Waals surface area contributed by atoms with Crippen LogP contribution in [0.2, 0.25) is 20.1 Å². The van der Waals surface area contributed by atoms with Crippen molar-refractivity contribution in [1.82, 2.24) is 0 Å². The standard InChI is InChI=1S/C16H8Cl4N2O2/c17-10-5-4-8(6-13(10)20)22-16(24)15(23)9(7-21)14-11(18)2-1-3-12(14)19/h1-6,9H,(H,22,24). The molecule has 2 aromatic rings. The Morgan fingerprint density at radius 2 is 1.58 bits per heavy atom. The lowest BCUT2D eigenvalue weighted by atomic mass is 9.95. The van der Waals surface area contributed by atoms with E-state index in [1.54, 1.807) is 12.1 Å². The molecule has 1 N–H and O–H groups in total. The van der Waals surface area contributed by atoms with Gasteiger partial charge >= 0.3 is 0 Å². The van der Waals surface area contributed by atoms with Crippen molar-refractivity contribution >= 4 is 63.8 Å². The smallest absolute Gasteiger partial charge is 0.293 e. The van der Waals surface area contributed by atoms with Crippen molar-refractivity contribution in [2.45, 2.75) is 5.92 Å². The van der Waals surface area contributed by atoms with E-state index in [0.717, 1.165) is 0 Å². The third-order valence-corrected chi connectivity index (χ3v) is 4.48. The van der Waals surface area contributed by atoms with Crippen molar-refractivity contribution in [1.29, 1.82) is 5.26 Å². The Morgan fingerprint density at radius 1 is 0.958 bits per heavy atom. The lowest BCUT2D eigenvalue weighted by Crippen LogP contribution is -2.28. The van der Waals surface area contributed by atoms with Gasteiger partial charge in [-0.15, -0.1) is 0 Å². The Morgan fingerprint density at radius 3 is 2.12 bits per heavy atom. The Balaban J connectivity index is 2.27. The molecule has 1 atom stereocenters. The summed E-state index contributed by atoms with van der Waals surface area (Å²) < 4.78 is 0. The first kappa shape index (κ1) is 18.6. The van der Waals surface area contributed by atoms with Gasteiger partial charge in [0.25, 0.3) is 5.91 Å². The molecule has 0 radical (unpaired) electrons. The van der Waals surface area contributed by atoms with E-state index in [9.17, 15) is 14.9 Å². The van der Waals surface area contributed by atoms with Crippen molar-refractivity contribution in [3.63, 3.8) is 0 Å². The topological polar surface area (TPSA) is 70.0 Å². The number of anilines is 1. The lowest BCUT2D eigenvalue weighted by molar-refractivity contribution is -0.135. The Labute approximate surface area is 157 Å². The van der Waals surface area contributed by atoms with E-state index in [-0.39, 0.29) is 26.3 Å². The average Bonchev–Trinajstić information content (AvgIpc) is 2.54. The van der Waals surface area contributed by atoms with Crippen LogP contribution in [0.5, 0.6) is 0 Å². The van der Waals surface area contributed by atoms with Crippen LogP contribution >= 0.6 is 46.4 Å². The molecule has 0 heterocycles. The Hall–Kier alpha value is -1.77. The summed E-state index contributed by atoms with van der Waals surface area (Å²) in [5.74, 6) is -3.40. The van der Waals surface area contributed by atoms with Crippen LogP contribution in [0.4, 0.5) is 5.69 Å². The zero-order chi connectivity index (χ0) is 17.9. The van der Waals surface area contributed by atoms with E-state index in [0.29, 0.717) is 5.02 Å². The lowest BCUT2D eigenvalue weighted by Gasteiger charge is -2.12. The maximum absolute atomic E-state index is 12.3. The predicted molar refractivity (Wildman–Crippen MR) is 94.9 cm³/mol. The average molecular weight is 402 g/mol. The van der Waals surface area contributed by atoms with Crippen LogP contribution in [0.25, 0.3) is 0 Å². The van der Waals surface area contributed by atoms with Crippen molar-refractivity contribution in [2.24, 2.45) is 0 Å². The number of halogens is 4. The van der Waals surface area contributed by atoms with E-state index in [1.807, 2.05) is 0 Å². The minimum atomic E-state index is -1.42. The number of nitrogens with one attached hydrogen (secondary N) is 1. The van der Waals surface area contributed by atoms with E-state index in [1.165, 1.54) is 30.3 Å². The van der Waals surface area contributed by atoms with Gasteiger partial charge in [0.15, 0.2) is 0 Å². The molecule has 1 unspecified atom stereocenters. The molecule has 24 heavy (non-hydrogen) atoms. The second-order valence-corrected chi connectivity index (χ2v) is 6.27. The third-order valence-electron chi connectivity index (χ3n) is 3.08. The van der Waals surface area contributed by atoms with Gasteiger partial charge in [-0.25, -0.2) is 0 Å². The summed E-state index contributed by atoms with van der Waals surface area (Å²) in [6.45, 7) is 0. The molecule has 2 aromatic carbocycles. The van der Waals surface area contributed by atoms with Gasteiger partial charge in [-0.05, 0) is 30.3 Å². The van der Waals surface area contributed by atoms with Gasteiger partial charge in [-0.1, -0.05) is 52.5 Å². The van der Waals surface area contributed by atoms with Crippen molar-refractivity contribution in [2.75, 3.05) is 5.32 Å². The molecule has 0 fully saturated rings. The van der Waals surface area contributed by atoms with Gasteiger partial charge in [0.1, 0.15) is 5.92 Å². The van der Waals surface area contributed by atoms with Gasteiger partial charge < -0.3 is 5.32 Å². The summed E-state index contributed by atoms with van der Waals surface area (Å²) in [5.41, 5.74) is 0.363. The number of rotatable bonds is 4. The van der Waals surface area contributed by atoms with Gasteiger partial charge in [0.2, 0.25) is 5.78 Å². The van der Waals surface area contributed by atoms with E-state index in [2.05, 4.69) is 5.32 Å². The molecule has 0 saturated heterocycles. The first-order valence-electron chi connectivity index (χ1n) is 6.49. The molecule has 0 aromatic heterocycles. The van der Waals surface area contributed by atoms with Gasteiger partial charge in [0.05, 0.1) is 16.1 Å². The molecule has 0 aliphatic heterocycles. The molecule has 0 bridgehead atoms. The largest absolute Gasteiger partial charge is 0.319 e. The number of carbonyl (C=O) groups is 2. The number of nitriles is 1. The zero-order valence-corrected chi connectivity index (χ0v) is 14.8. The molecule has 8 heteroatoms. The maximum Gasteiger partial charge on any atom is 0.293 e. The zero-order valence-electron chi connectivity index (χ0n) is 11.8. The highest BCUT2D eigenvalue weighted by Crippen LogP contribution is 2.32. The number of hydrogen-bond donors (Lipinski definition) is 1. The summed E-state index contributed by atoms with van der Waals surface area (Å²) in [5, 5.41) is 12.4. The summed E-state index contributed by atoms with van der Waals surface area (Å²) in [6, 6.07) is 10.6. The monoisotopic (exact) mass is 400 g/mol. The van der Waals surface area contributed by atoms with Crippen LogP contribution in [-0.2, 0) is 9.59 Å². The second-order valence-electron chi connectivity index (χ2n) is 4.64. The molecule has 0 saturated carbocycles. The fourth-order valence-electron chi connectivity index (χ4n) is 1.94. The first-order valence-corrected chi connectivity index (χ1v) is 8.00. The first-order chi connectivity index (χ1) is 11.3. The normalized spacial score (nSPS) is 11.5. The van der Waals surface area contributed by atoms with Gasteiger partial charge in [-0.3, -0.25) is 9.59 Å². The summed E-state index contributed by atoms with van der Waals surface area (Å²) in [7, 11) is 0. The predicted octanol–water partition coefficient (Wildman–Crippen LogP) is 5.12. The van der Waals surface area contributed by atoms with E-state index in [4.69, 9.17) is 46.4 Å². The van der Waals surface area contributed by atoms with Crippen molar-refractivity contribution < 1.29 is 9.59 Å². The minimum absolute atomic E-state index is 0.0950. The number of hydrogen-bond acceptors (Lipinski definition) is 3. The molecular weight excluding hydrogens is 394 g/mol. The van der Waals surface area contributed by atoms with E-state index < -0.39 is 17.6 Å². The second kappa shape index (κ2) is 7.87. The molecule has 0 spiro atoms. The SMILES string of the molecule is N#CC(C(=O)C(=O)Nc1ccc(Cl)c(Cl)c1)c1c(Cl)cccc1Cl. The van der Waals surface area contributed by atoms with Crippen molar-refractivity contribution in [3.05, 3.63) is 62.1 Å². The number of benzene rings is 2. The van der Waals surface area contributed by atoms with Crippen LogP contribution in [0.1, 0.15) is 11.5 Å². The number of carbonyl (C=O) groups excluding carboxylic acids is 2. The molecular formula is C16H8Cl4N2O2. The summed E-state index contributed by atoms with van der Waals surface area (Å²) in [6.07, 6.45) is 0. The highest BCUT2D eigenvalue weighted by atomic mass is 35.5. The third kappa shape index (κ3) is 4.00. The molecule has 0 aliphatic rings. The molecule has 2 rings (SSSR count). The highest BCUT2D eigenvalue weighted by Gasteiger charge is 2.30. The minimum Gasteiger partial charge on any atom is -0.319 e. The number of ketones is 1. The molecule has 0 aliphatic carbocycles. The number of nitrogens with zero attached hydrogens (tertiary/aromatic N) is 1. The Kier molecular flexibility index (Phi) is 6.09. The summed E-state index contributed by atoms with van der Waals surface area (Å²) >= 11 is 23.6. The number of Topliss-reactive ketones (excluding diaryl/α,β-unsaturated/α-hetero) is 1. The van der Waals surface area contributed by atoms with Gasteiger partial charge in [0, 0.05) is 21.3 Å². The van der Waals surface area contributed by atoms with Crippen LogP contribution in [0.3, 0.4) is 0 Å². The fraction of sp³-hybridized carbons (Fsp3) is 0.0625. The van der Waals surface area contributed by atoms with E-state index >= 15 is 0 Å². The Bertz CT molecular complexity index is 841. The molecule has 1 amide bonds. The van der Waals surface area contributed by atoms with Gasteiger partial charge in [-0.2, -0.15) is 5.26 Å². The molecule has 122 valence electrons. The fourth-order valence-corrected chi connectivity index (χ4v) is 2.85. The quantitative estimate of drug-likeness (QED) is 0.723. The highest BCUT2D eigenvalue weighted by molar-refractivity contribution is 6.45. The van der Waals surface area contributed by atoms with Crippen LogP contribution in [-0.4, -0.2) is 11.7 Å². The summed E-state index contributed by atoms with van der Waals surface area (Å²) in [4.78, 5) is 24.5. The van der Waals surface area contributed by atoms with Crippen LogP contribution < -0.4 is 5.32 Å². The van der Waals surface area contributed by atoms with Crippen molar-refractivity contribution in [3.8, 4) is 6.07 Å². The molecule has 4 nitrogen and oxygen atoms in total. The maximum atomic E-state index is 12.3. The van der Waals surface area contributed by atoms with Crippen LogP contribution in [0, 0.1) is 11.3 Å². The van der Waals surface area contributed by atoms with Crippen LogP contribution in [0.15, 0.2) is 36.4 Å². The number of amides is 1.